The highest BCUT2D eigenvalue weighted by Crippen LogP contribution is 2.25. The predicted molar refractivity (Wildman–Crippen MR) is 62.3 cm³/mol. The molecule has 0 atom stereocenters. The lowest BCUT2D eigenvalue weighted by Gasteiger charge is -1.92. The second kappa shape index (κ2) is 3.38. The SMILES string of the molecule is Oc1ccc2nc(-c3ccc(Br)o3)cn2c1. The van der Waals surface area contributed by atoms with E-state index in [-0.39, 0.29) is 5.75 Å². The first-order valence-corrected chi connectivity index (χ1v) is 5.45. The summed E-state index contributed by atoms with van der Waals surface area (Å²) in [5.74, 6) is 0.896. The molecule has 3 aromatic rings. The van der Waals surface area contributed by atoms with Crippen LogP contribution >= 0.6 is 15.9 Å². The number of halogens is 1. The normalized spacial score (nSPS) is 11.1. The highest BCUT2D eigenvalue weighted by atomic mass is 79.9. The van der Waals surface area contributed by atoms with Crippen molar-refractivity contribution < 1.29 is 9.52 Å². The van der Waals surface area contributed by atoms with Gasteiger partial charge in [0.15, 0.2) is 10.4 Å². The van der Waals surface area contributed by atoms with E-state index in [0.29, 0.717) is 10.4 Å². The Kier molecular flexibility index (Phi) is 2.00. The standard InChI is InChI=1S/C11H7BrN2O2/c12-10-3-2-9(16-10)8-6-14-5-7(15)1-4-11(14)13-8/h1-6,15H. The molecule has 3 heterocycles. The van der Waals surface area contributed by atoms with E-state index in [4.69, 9.17) is 4.42 Å². The summed E-state index contributed by atoms with van der Waals surface area (Å²) in [6.07, 6.45) is 3.41. The number of aromatic nitrogens is 2. The summed E-state index contributed by atoms with van der Waals surface area (Å²) >= 11 is 3.24. The van der Waals surface area contributed by atoms with E-state index < -0.39 is 0 Å². The molecule has 0 bridgehead atoms. The zero-order valence-electron chi connectivity index (χ0n) is 8.09. The van der Waals surface area contributed by atoms with Crippen molar-refractivity contribution in [1.29, 1.82) is 0 Å². The average molecular weight is 279 g/mol. The third-order valence-corrected chi connectivity index (χ3v) is 2.69. The maximum absolute atomic E-state index is 9.33. The van der Waals surface area contributed by atoms with E-state index in [0.717, 1.165) is 11.3 Å². The number of furan rings is 1. The summed E-state index contributed by atoms with van der Waals surface area (Å²) in [6.45, 7) is 0. The molecule has 0 aliphatic heterocycles. The molecule has 0 fully saturated rings. The minimum atomic E-state index is 0.206. The zero-order valence-corrected chi connectivity index (χ0v) is 9.68. The van der Waals surface area contributed by atoms with Crippen LogP contribution in [-0.2, 0) is 0 Å². The van der Waals surface area contributed by atoms with Gasteiger partial charge in [-0.15, -0.1) is 0 Å². The fourth-order valence-corrected chi connectivity index (χ4v) is 1.86. The van der Waals surface area contributed by atoms with Gasteiger partial charge >= 0.3 is 0 Å². The average Bonchev–Trinajstić information content (AvgIpc) is 2.83. The summed E-state index contributed by atoms with van der Waals surface area (Å²) in [4.78, 5) is 4.37. The second-order valence-electron chi connectivity index (χ2n) is 3.38. The van der Waals surface area contributed by atoms with Crippen molar-refractivity contribution in [3.05, 3.63) is 41.3 Å². The van der Waals surface area contributed by atoms with Crippen LogP contribution < -0.4 is 0 Å². The number of pyridine rings is 1. The Bertz CT molecular complexity index is 657. The number of hydrogen-bond acceptors (Lipinski definition) is 3. The molecule has 0 aliphatic carbocycles. The van der Waals surface area contributed by atoms with Gasteiger partial charge in [0, 0.05) is 6.20 Å². The van der Waals surface area contributed by atoms with Gasteiger partial charge in [-0.05, 0) is 40.2 Å². The predicted octanol–water partition coefficient (Wildman–Crippen LogP) is 3.06. The van der Waals surface area contributed by atoms with E-state index >= 15 is 0 Å². The van der Waals surface area contributed by atoms with Crippen LogP contribution in [0.15, 0.2) is 45.7 Å². The van der Waals surface area contributed by atoms with E-state index in [1.807, 2.05) is 12.1 Å². The first-order valence-electron chi connectivity index (χ1n) is 4.66. The van der Waals surface area contributed by atoms with Crippen molar-refractivity contribution >= 4 is 21.6 Å². The maximum atomic E-state index is 9.33. The van der Waals surface area contributed by atoms with Gasteiger partial charge in [0.2, 0.25) is 0 Å². The fraction of sp³-hybridized carbons (Fsp3) is 0. The Morgan fingerprint density at radius 3 is 2.81 bits per heavy atom. The van der Waals surface area contributed by atoms with E-state index in [9.17, 15) is 5.11 Å². The molecule has 0 radical (unpaired) electrons. The molecule has 0 saturated carbocycles. The molecular formula is C11H7BrN2O2. The molecular weight excluding hydrogens is 272 g/mol. The third-order valence-electron chi connectivity index (χ3n) is 2.26. The van der Waals surface area contributed by atoms with Gasteiger partial charge in [-0.2, -0.15) is 0 Å². The topological polar surface area (TPSA) is 50.7 Å². The molecule has 3 rings (SSSR count). The van der Waals surface area contributed by atoms with Crippen molar-refractivity contribution in [3.63, 3.8) is 0 Å². The second-order valence-corrected chi connectivity index (χ2v) is 4.16. The number of aromatic hydroxyl groups is 1. The van der Waals surface area contributed by atoms with Gasteiger partial charge in [0.05, 0.1) is 6.20 Å². The van der Waals surface area contributed by atoms with Crippen molar-refractivity contribution in [3.8, 4) is 17.2 Å². The fourth-order valence-electron chi connectivity index (χ4n) is 1.55. The molecule has 16 heavy (non-hydrogen) atoms. The molecule has 0 amide bonds. The monoisotopic (exact) mass is 278 g/mol. The Hall–Kier alpha value is -1.75. The van der Waals surface area contributed by atoms with Crippen molar-refractivity contribution in [2.75, 3.05) is 0 Å². The molecule has 0 aliphatic rings. The Morgan fingerprint density at radius 1 is 1.19 bits per heavy atom. The summed E-state index contributed by atoms with van der Waals surface area (Å²) in [5.41, 5.74) is 1.50. The summed E-state index contributed by atoms with van der Waals surface area (Å²) in [6, 6.07) is 7.00. The highest BCUT2D eigenvalue weighted by molar-refractivity contribution is 9.10. The molecule has 5 heteroatoms. The molecule has 80 valence electrons. The molecule has 0 saturated heterocycles. The lowest BCUT2D eigenvalue weighted by atomic mass is 10.4. The number of fused-ring (bicyclic) bond motifs is 1. The minimum Gasteiger partial charge on any atom is -0.506 e. The van der Waals surface area contributed by atoms with Gasteiger partial charge < -0.3 is 13.9 Å². The van der Waals surface area contributed by atoms with Gasteiger partial charge in [0.25, 0.3) is 0 Å². The molecule has 3 aromatic heterocycles. The van der Waals surface area contributed by atoms with Crippen molar-refractivity contribution in [2.45, 2.75) is 0 Å². The molecule has 0 aromatic carbocycles. The van der Waals surface area contributed by atoms with Crippen molar-refractivity contribution in [1.82, 2.24) is 9.38 Å². The minimum absolute atomic E-state index is 0.206. The summed E-state index contributed by atoms with van der Waals surface area (Å²) in [7, 11) is 0. The quantitative estimate of drug-likeness (QED) is 0.744. The van der Waals surface area contributed by atoms with E-state index in [1.165, 1.54) is 0 Å². The lowest BCUT2D eigenvalue weighted by molar-refractivity contribution is 0.472. The maximum Gasteiger partial charge on any atom is 0.169 e. The zero-order chi connectivity index (χ0) is 11.1. The number of imidazole rings is 1. The van der Waals surface area contributed by atoms with Crippen LogP contribution in [0.25, 0.3) is 17.1 Å². The van der Waals surface area contributed by atoms with Crippen LogP contribution in [-0.4, -0.2) is 14.5 Å². The first kappa shape index (κ1) is 9.47. The summed E-state index contributed by atoms with van der Waals surface area (Å²) < 4.78 is 7.83. The molecule has 1 N–H and O–H groups in total. The van der Waals surface area contributed by atoms with Crippen LogP contribution in [0.2, 0.25) is 0 Å². The largest absolute Gasteiger partial charge is 0.506 e. The van der Waals surface area contributed by atoms with Crippen molar-refractivity contribution in [2.24, 2.45) is 0 Å². The smallest absolute Gasteiger partial charge is 0.169 e. The summed E-state index contributed by atoms with van der Waals surface area (Å²) in [5, 5.41) is 9.33. The van der Waals surface area contributed by atoms with Gasteiger partial charge in [0.1, 0.15) is 17.1 Å². The van der Waals surface area contributed by atoms with Crippen LogP contribution in [0.1, 0.15) is 0 Å². The van der Waals surface area contributed by atoms with Crippen LogP contribution in [0.5, 0.6) is 5.75 Å². The Labute approximate surface area is 99.3 Å². The van der Waals surface area contributed by atoms with Gasteiger partial charge in [-0.1, -0.05) is 0 Å². The van der Waals surface area contributed by atoms with Gasteiger partial charge in [-0.25, -0.2) is 4.98 Å². The van der Waals surface area contributed by atoms with E-state index in [1.54, 1.807) is 28.9 Å². The Morgan fingerprint density at radius 2 is 2.06 bits per heavy atom. The van der Waals surface area contributed by atoms with Gasteiger partial charge in [-0.3, -0.25) is 0 Å². The molecule has 0 spiro atoms. The lowest BCUT2D eigenvalue weighted by Crippen LogP contribution is -1.79. The molecule has 4 nitrogen and oxygen atoms in total. The number of nitrogens with zero attached hydrogens (tertiary/aromatic N) is 2. The van der Waals surface area contributed by atoms with Crippen LogP contribution in [0.3, 0.4) is 0 Å². The van der Waals surface area contributed by atoms with Crippen LogP contribution in [0, 0.1) is 0 Å². The third kappa shape index (κ3) is 1.49. The van der Waals surface area contributed by atoms with Crippen LogP contribution in [0.4, 0.5) is 0 Å². The first-order chi connectivity index (χ1) is 7.72. The molecule has 0 unspecified atom stereocenters. The Balaban J connectivity index is 2.18. The van der Waals surface area contributed by atoms with E-state index in [2.05, 4.69) is 20.9 Å². The number of hydrogen-bond donors (Lipinski definition) is 1. The number of rotatable bonds is 1. The highest BCUT2D eigenvalue weighted by Gasteiger charge is 2.08.